The third kappa shape index (κ3) is 10.3. The van der Waals surface area contributed by atoms with Crippen LogP contribution in [-0.4, -0.2) is 42.7 Å². The molecule has 0 saturated heterocycles. The van der Waals surface area contributed by atoms with E-state index in [1.807, 2.05) is 37.3 Å². The number of pyridine rings is 2. The van der Waals surface area contributed by atoms with Gasteiger partial charge in [-0.15, -0.1) is 11.8 Å². The summed E-state index contributed by atoms with van der Waals surface area (Å²) in [6, 6.07) is 22.3. The van der Waals surface area contributed by atoms with Crippen LogP contribution >= 0.6 is 11.8 Å². The SMILES string of the molecule is CCOC(=O)Cn1c(C)cc(S(=O)(=O)Cc2ccccc2)c(C)c1=O.CCOC(=O)Cn1c(C)cc(SCc2ccccc2)c(C)c1=O. The zero-order valence-electron chi connectivity index (χ0n) is 28.1. The van der Waals surface area contributed by atoms with Crippen molar-refractivity contribution in [1.29, 1.82) is 0 Å². The summed E-state index contributed by atoms with van der Waals surface area (Å²) in [5, 5.41) is 0. The number of esters is 2. The molecule has 2 heterocycles. The molecule has 0 aliphatic rings. The van der Waals surface area contributed by atoms with Crippen LogP contribution in [-0.2, 0) is 53.5 Å². The van der Waals surface area contributed by atoms with Gasteiger partial charge in [-0.1, -0.05) is 60.7 Å². The number of hydrogen-bond acceptors (Lipinski definition) is 9. The van der Waals surface area contributed by atoms with Crippen molar-refractivity contribution >= 4 is 33.5 Å². The minimum Gasteiger partial charge on any atom is -0.465 e. The van der Waals surface area contributed by atoms with Crippen LogP contribution in [0.3, 0.4) is 0 Å². The molecule has 256 valence electrons. The second-order valence-corrected chi connectivity index (χ2v) is 13.9. The monoisotopic (exact) mass is 694 g/mol. The molecule has 2 aromatic carbocycles. The van der Waals surface area contributed by atoms with Crippen molar-refractivity contribution < 1.29 is 27.5 Å². The van der Waals surface area contributed by atoms with Gasteiger partial charge in [-0.05, 0) is 64.8 Å². The number of carbonyl (C=O) groups excluding carboxylic acids is 2. The zero-order chi connectivity index (χ0) is 35.4. The Morgan fingerprint density at radius 1 is 0.688 bits per heavy atom. The van der Waals surface area contributed by atoms with Crippen molar-refractivity contribution in [3.8, 4) is 0 Å². The Labute approximate surface area is 285 Å². The Hall–Kier alpha value is -4.42. The van der Waals surface area contributed by atoms with E-state index in [2.05, 4.69) is 12.1 Å². The van der Waals surface area contributed by atoms with Gasteiger partial charge in [-0.25, -0.2) is 8.42 Å². The summed E-state index contributed by atoms with van der Waals surface area (Å²) in [6.07, 6.45) is 0. The number of sulfone groups is 1. The van der Waals surface area contributed by atoms with Gasteiger partial charge in [0.25, 0.3) is 11.1 Å². The molecule has 0 radical (unpaired) electrons. The van der Waals surface area contributed by atoms with Crippen LogP contribution in [0.2, 0.25) is 0 Å². The largest absolute Gasteiger partial charge is 0.465 e. The third-order valence-electron chi connectivity index (χ3n) is 7.36. The molecular formula is C36H42N2O8S2. The minimum atomic E-state index is -3.67. The fraction of sp³-hybridized carbons (Fsp3) is 0.333. The first-order valence-corrected chi connectivity index (χ1v) is 18.1. The smallest absolute Gasteiger partial charge is 0.326 e. The number of ether oxygens (including phenoxy) is 2. The van der Waals surface area contributed by atoms with Gasteiger partial charge in [0, 0.05) is 33.2 Å². The Morgan fingerprint density at radius 2 is 1.15 bits per heavy atom. The Bertz CT molecular complexity index is 1950. The van der Waals surface area contributed by atoms with E-state index < -0.39 is 21.4 Å². The Morgan fingerprint density at radius 3 is 1.65 bits per heavy atom. The second-order valence-electron chi connectivity index (χ2n) is 11.0. The number of aryl methyl sites for hydroxylation is 2. The Kier molecular flexibility index (Phi) is 14.0. The van der Waals surface area contributed by atoms with Gasteiger partial charge in [0.1, 0.15) is 13.1 Å². The van der Waals surface area contributed by atoms with Gasteiger partial charge in [-0.3, -0.25) is 19.2 Å². The van der Waals surface area contributed by atoms with Gasteiger partial charge in [0.2, 0.25) is 0 Å². The summed E-state index contributed by atoms with van der Waals surface area (Å²) in [4.78, 5) is 49.3. The first-order chi connectivity index (χ1) is 22.8. The van der Waals surface area contributed by atoms with E-state index in [0.717, 1.165) is 16.3 Å². The maximum Gasteiger partial charge on any atom is 0.326 e. The minimum absolute atomic E-state index is 0.000961. The number of nitrogens with zero attached hydrogens (tertiary/aromatic N) is 2. The predicted molar refractivity (Wildman–Crippen MR) is 187 cm³/mol. The summed E-state index contributed by atoms with van der Waals surface area (Å²) in [5.41, 5.74) is 3.17. The van der Waals surface area contributed by atoms with Crippen LogP contribution in [0.1, 0.15) is 47.5 Å². The fourth-order valence-electron chi connectivity index (χ4n) is 4.83. The van der Waals surface area contributed by atoms with Crippen molar-refractivity contribution in [2.24, 2.45) is 0 Å². The molecule has 48 heavy (non-hydrogen) atoms. The summed E-state index contributed by atoms with van der Waals surface area (Å²) in [7, 11) is -3.67. The molecule has 0 aliphatic carbocycles. The molecule has 0 amide bonds. The Balaban J connectivity index is 0.000000261. The van der Waals surface area contributed by atoms with Gasteiger partial charge < -0.3 is 18.6 Å². The molecule has 2 aromatic heterocycles. The van der Waals surface area contributed by atoms with Crippen LogP contribution < -0.4 is 11.1 Å². The van der Waals surface area contributed by atoms with Gasteiger partial charge in [0.15, 0.2) is 9.84 Å². The standard InChI is InChI=1S/C18H21NO5S.C18H21NO3S/c1-4-24-17(20)11-19-13(2)10-16(14(3)18(19)21)25(22,23)12-15-8-6-5-7-9-15;1-4-22-17(20)11-19-13(2)10-16(14(3)18(19)21)23-12-15-8-6-5-7-9-15/h5-10H,4,11-12H2,1-3H3;5-10H,4,11-12H2,1-3H3. The lowest BCUT2D eigenvalue weighted by Gasteiger charge is -2.14. The first kappa shape index (κ1) is 38.0. The van der Waals surface area contributed by atoms with Crippen LogP contribution in [0.5, 0.6) is 0 Å². The lowest BCUT2D eigenvalue weighted by Crippen LogP contribution is -2.30. The van der Waals surface area contributed by atoms with E-state index in [1.54, 1.807) is 63.7 Å². The van der Waals surface area contributed by atoms with E-state index in [4.69, 9.17) is 9.47 Å². The number of thioether (sulfide) groups is 1. The number of aromatic nitrogens is 2. The number of carbonyl (C=O) groups is 2. The molecule has 4 aromatic rings. The number of benzene rings is 2. The van der Waals surface area contributed by atoms with Crippen LogP contribution in [0.15, 0.2) is 92.2 Å². The maximum atomic E-state index is 12.7. The van der Waals surface area contributed by atoms with Crippen molar-refractivity contribution in [2.75, 3.05) is 13.2 Å². The molecule has 12 heteroatoms. The van der Waals surface area contributed by atoms with Crippen molar-refractivity contribution in [3.05, 3.63) is 127 Å². The number of hydrogen-bond donors (Lipinski definition) is 0. The molecule has 4 rings (SSSR count). The summed E-state index contributed by atoms with van der Waals surface area (Å²) in [6.45, 7) is 10.4. The van der Waals surface area contributed by atoms with Crippen molar-refractivity contribution in [3.63, 3.8) is 0 Å². The molecule has 0 bridgehead atoms. The molecule has 0 N–H and O–H groups in total. The molecule has 0 fully saturated rings. The highest BCUT2D eigenvalue weighted by atomic mass is 32.2. The molecule has 0 saturated carbocycles. The highest BCUT2D eigenvalue weighted by Crippen LogP contribution is 2.25. The predicted octanol–water partition coefficient (Wildman–Crippen LogP) is 5.32. The first-order valence-electron chi connectivity index (χ1n) is 15.5. The lowest BCUT2D eigenvalue weighted by atomic mass is 10.2. The summed E-state index contributed by atoms with van der Waals surface area (Å²) < 4.78 is 37.9. The average Bonchev–Trinajstić information content (AvgIpc) is 3.05. The quantitative estimate of drug-likeness (QED) is 0.143. The highest BCUT2D eigenvalue weighted by molar-refractivity contribution is 7.98. The van der Waals surface area contributed by atoms with E-state index >= 15 is 0 Å². The van der Waals surface area contributed by atoms with Crippen molar-refractivity contribution in [1.82, 2.24) is 9.13 Å². The van der Waals surface area contributed by atoms with Crippen LogP contribution in [0.4, 0.5) is 0 Å². The fourth-order valence-corrected chi connectivity index (χ4v) is 7.59. The second kappa shape index (κ2) is 17.7. The third-order valence-corrected chi connectivity index (χ3v) is 10.4. The molecule has 0 spiro atoms. The van der Waals surface area contributed by atoms with Gasteiger partial charge in [0.05, 0.1) is 23.9 Å². The topological polar surface area (TPSA) is 131 Å². The van der Waals surface area contributed by atoms with Crippen LogP contribution in [0, 0.1) is 27.7 Å². The zero-order valence-corrected chi connectivity index (χ0v) is 29.8. The number of rotatable bonds is 12. The maximum absolute atomic E-state index is 12.7. The van der Waals surface area contributed by atoms with E-state index in [1.165, 1.54) is 27.7 Å². The molecule has 0 unspecified atom stereocenters. The van der Waals surface area contributed by atoms with Crippen molar-refractivity contribution in [2.45, 2.75) is 75.9 Å². The normalized spacial score (nSPS) is 11.0. The molecule has 0 aliphatic heterocycles. The van der Waals surface area contributed by atoms with E-state index in [9.17, 15) is 27.6 Å². The summed E-state index contributed by atoms with van der Waals surface area (Å²) in [5.74, 6) is -0.300. The van der Waals surface area contributed by atoms with Gasteiger partial charge in [-0.2, -0.15) is 0 Å². The molecular weight excluding hydrogens is 653 g/mol. The van der Waals surface area contributed by atoms with Gasteiger partial charge >= 0.3 is 11.9 Å². The lowest BCUT2D eigenvalue weighted by molar-refractivity contribution is -0.144. The average molecular weight is 695 g/mol. The van der Waals surface area contributed by atoms with E-state index in [-0.39, 0.29) is 47.4 Å². The highest BCUT2D eigenvalue weighted by Gasteiger charge is 2.22. The molecule has 0 atom stereocenters. The van der Waals surface area contributed by atoms with E-state index in [0.29, 0.717) is 23.4 Å². The molecule has 10 nitrogen and oxygen atoms in total. The summed E-state index contributed by atoms with van der Waals surface area (Å²) >= 11 is 1.64. The van der Waals surface area contributed by atoms with Crippen LogP contribution in [0.25, 0.3) is 0 Å².